The molecule has 0 aliphatic carbocycles. The molecule has 2 aromatic carbocycles. The van der Waals surface area contributed by atoms with Gasteiger partial charge in [0.05, 0.1) is 10.7 Å². The Morgan fingerprint density at radius 2 is 1.87 bits per heavy atom. The van der Waals surface area contributed by atoms with Gasteiger partial charge >= 0.3 is 0 Å². The number of carbonyl (C=O) groups is 1. The Kier molecular flexibility index (Phi) is 4.75. The fraction of sp³-hybridized carbons (Fsp3) is 0.133. The highest BCUT2D eigenvalue weighted by Crippen LogP contribution is 2.18. The predicted octanol–water partition coefficient (Wildman–Crippen LogP) is 2.39. The van der Waals surface area contributed by atoms with Crippen molar-refractivity contribution in [3.05, 3.63) is 69.8 Å². The van der Waals surface area contributed by atoms with E-state index in [1.54, 1.807) is 18.2 Å². The first kappa shape index (κ1) is 16.6. The van der Waals surface area contributed by atoms with Gasteiger partial charge < -0.3 is 5.32 Å². The van der Waals surface area contributed by atoms with Crippen molar-refractivity contribution in [2.24, 2.45) is 0 Å². The molecule has 2 rings (SSSR count). The molecule has 0 saturated carbocycles. The van der Waals surface area contributed by atoms with E-state index in [0.29, 0.717) is 5.56 Å². The number of rotatable bonds is 5. The third-order valence-corrected chi connectivity index (χ3v) is 3.79. The van der Waals surface area contributed by atoms with Crippen LogP contribution in [0, 0.1) is 10.1 Å². The van der Waals surface area contributed by atoms with Crippen LogP contribution >= 0.6 is 0 Å². The van der Waals surface area contributed by atoms with Crippen molar-refractivity contribution in [2.45, 2.75) is 5.75 Å². The topological polar surface area (TPSA) is 106 Å². The van der Waals surface area contributed by atoms with Gasteiger partial charge in [0, 0.05) is 29.6 Å². The third-order valence-electron chi connectivity index (χ3n) is 2.93. The minimum atomic E-state index is -3.20. The Bertz CT molecular complexity index is 862. The van der Waals surface area contributed by atoms with Crippen molar-refractivity contribution in [1.29, 1.82) is 0 Å². The molecule has 120 valence electrons. The Labute approximate surface area is 133 Å². The van der Waals surface area contributed by atoms with Crippen LogP contribution in [-0.4, -0.2) is 25.5 Å². The summed E-state index contributed by atoms with van der Waals surface area (Å²) in [4.78, 5) is 22.4. The third kappa shape index (κ3) is 4.89. The number of hydrogen-bond donors (Lipinski definition) is 1. The number of nitro benzene ring substituents is 1. The van der Waals surface area contributed by atoms with Crippen molar-refractivity contribution in [3.63, 3.8) is 0 Å². The number of nitro groups is 1. The largest absolute Gasteiger partial charge is 0.322 e. The summed E-state index contributed by atoms with van der Waals surface area (Å²) in [5.41, 5.74) is 0.934. The van der Waals surface area contributed by atoms with E-state index >= 15 is 0 Å². The van der Waals surface area contributed by atoms with Crippen LogP contribution in [0.5, 0.6) is 0 Å². The Hall–Kier alpha value is -2.74. The average Bonchev–Trinajstić information content (AvgIpc) is 2.46. The molecule has 1 amide bonds. The SMILES string of the molecule is CS(=O)(=O)Cc1cccc(C(=O)Nc2cccc([N+](=O)[O-])c2)c1. The van der Waals surface area contributed by atoms with Crippen LogP contribution in [-0.2, 0) is 15.6 Å². The molecule has 0 unspecified atom stereocenters. The minimum Gasteiger partial charge on any atom is -0.322 e. The lowest BCUT2D eigenvalue weighted by atomic mass is 10.1. The molecule has 2 aromatic rings. The van der Waals surface area contributed by atoms with E-state index in [4.69, 9.17) is 0 Å². The maximum absolute atomic E-state index is 12.2. The number of sulfone groups is 1. The van der Waals surface area contributed by atoms with Crippen LogP contribution in [0.15, 0.2) is 48.5 Å². The van der Waals surface area contributed by atoms with Crippen molar-refractivity contribution in [2.75, 3.05) is 11.6 Å². The highest BCUT2D eigenvalue weighted by molar-refractivity contribution is 7.89. The molecule has 0 atom stereocenters. The number of hydrogen-bond acceptors (Lipinski definition) is 5. The molecule has 8 heteroatoms. The number of benzene rings is 2. The lowest BCUT2D eigenvalue weighted by Gasteiger charge is -2.07. The highest BCUT2D eigenvalue weighted by atomic mass is 32.2. The second-order valence-corrected chi connectivity index (χ2v) is 7.17. The predicted molar refractivity (Wildman–Crippen MR) is 86.0 cm³/mol. The summed E-state index contributed by atoms with van der Waals surface area (Å²) in [7, 11) is -3.20. The van der Waals surface area contributed by atoms with Crippen molar-refractivity contribution in [1.82, 2.24) is 0 Å². The smallest absolute Gasteiger partial charge is 0.271 e. The molecule has 0 saturated heterocycles. The van der Waals surface area contributed by atoms with Crippen molar-refractivity contribution < 1.29 is 18.1 Å². The van der Waals surface area contributed by atoms with E-state index < -0.39 is 20.7 Å². The zero-order chi connectivity index (χ0) is 17.0. The number of non-ortho nitro benzene ring substituents is 1. The maximum atomic E-state index is 12.2. The van der Waals surface area contributed by atoms with Gasteiger partial charge in [0.25, 0.3) is 11.6 Å². The second kappa shape index (κ2) is 6.57. The first-order chi connectivity index (χ1) is 10.7. The first-order valence-electron chi connectivity index (χ1n) is 6.57. The lowest BCUT2D eigenvalue weighted by molar-refractivity contribution is -0.384. The Balaban J connectivity index is 2.19. The fourth-order valence-corrected chi connectivity index (χ4v) is 2.79. The number of anilines is 1. The number of nitrogens with zero attached hydrogens (tertiary/aromatic N) is 1. The summed E-state index contributed by atoms with van der Waals surface area (Å²) < 4.78 is 22.6. The molecule has 7 nitrogen and oxygen atoms in total. The van der Waals surface area contributed by atoms with Crippen molar-refractivity contribution >= 4 is 27.1 Å². The molecule has 0 aliphatic rings. The van der Waals surface area contributed by atoms with E-state index in [1.165, 1.54) is 30.3 Å². The summed E-state index contributed by atoms with van der Waals surface area (Å²) in [6.45, 7) is 0. The summed E-state index contributed by atoms with van der Waals surface area (Å²) in [5, 5.41) is 13.3. The van der Waals surface area contributed by atoms with E-state index in [9.17, 15) is 23.3 Å². The molecule has 0 spiro atoms. The summed E-state index contributed by atoms with van der Waals surface area (Å²) in [6.07, 6.45) is 1.11. The van der Waals surface area contributed by atoms with Crippen LogP contribution in [0.2, 0.25) is 0 Å². The van der Waals surface area contributed by atoms with Gasteiger partial charge in [0.15, 0.2) is 9.84 Å². The average molecular weight is 334 g/mol. The lowest BCUT2D eigenvalue weighted by Crippen LogP contribution is -2.12. The first-order valence-corrected chi connectivity index (χ1v) is 8.63. The van der Waals surface area contributed by atoms with Crippen LogP contribution in [0.4, 0.5) is 11.4 Å². The molecule has 0 aliphatic heterocycles. The van der Waals surface area contributed by atoms with Crippen LogP contribution in [0.25, 0.3) is 0 Å². The number of amides is 1. The van der Waals surface area contributed by atoms with Gasteiger partial charge in [-0.15, -0.1) is 0 Å². The van der Waals surface area contributed by atoms with Gasteiger partial charge in [-0.25, -0.2) is 8.42 Å². The van der Waals surface area contributed by atoms with Gasteiger partial charge in [-0.2, -0.15) is 0 Å². The maximum Gasteiger partial charge on any atom is 0.271 e. The van der Waals surface area contributed by atoms with Crippen LogP contribution < -0.4 is 5.32 Å². The van der Waals surface area contributed by atoms with E-state index in [-0.39, 0.29) is 22.7 Å². The molecular formula is C15H14N2O5S. The minimum absolute atomic E-state index is 0.131. The van der Waals surface area contributed by atoms with Gasteiger partial charge in [-0.05, 0) is 23.8 Å². The molecule has 23 heavy (non-hydrogen) atoms. The summed E-state index contributed by atoms with van der Waals surface area (Å²) in [6, 6.07) is 11.8. The molecule has 0 aromatic heterocycles. The number of nitrogens with one attached hydrogen (secondary N) is 1. The van der Waals surface area contributed by atoms with Gasteiger partial charge in [-0.1, -0.05) is 18.2 Å². The van der Waals surface area contributed by atoms with Crippen LogP contribution in [0.1, 0.15) is 15.9 Å². The number of carbonyl (C=O) groups excluding carboxylic acids is 1. The van der Waals surface area contributed by atoms with Crippen LogP contribution in [0.3, 0.4) is 0 Å². The van der Waals surface area contributed by atoms with Gasteiger partial charge in [0.1, 0.15) is 0 Å². The van der Waals surface area contributed by atoms with Gasteiger partial charge in [0.2, 0.25) is 0 Å². The molecule has 0 fully saturated rings. The quantitative estimate of drug-likeness (QED) is 0.667. The second-order valence-electron chi connectivity index (χ2n) is 5.03. The Morgan fingerprint density at radius 1 is 1.17 bits per heavy atom. The zero-order valence-electron chi connectivity index (χ0n) is 12.2. The van der Waals surface area contributed by atoms with E-state index in [1.807, 2.05) is 0 Å². The van der Waals surface area contributed by atoms with E-state index in [2.05, 4.69) is 5.32 Å². The van der Waals surface area contributed by atoms with Crippen molar-refractivity contribution in [3.8, 4) is 0 Å². The normalized spacial score (nSPS) is 11.0. The molecular weight excluding hydrogens is 320 g/mol. The standard InChI is InChI=1S/C15H14N2O5S/c1-23(21,22)10-11-4-2-5-12(8-11)15(18)16-13-6-3-7-14(9-13)17(19)20/h2-9H,10H2,1H3,(H,16,18). The summed E-state index contributed by atoms with van der Waals surface area (Å²) >= 11 is 0. The molecule has 1 N–H and O–H groups in total. The molecule has 0 heterocycles. The van der Waals surface area contributed by atoms with E-state index in [0.717, 1.165) is 6.26 Å². The summed E-state index contributed by atoms with van der Waals surface area (Å²) in [5.74, 6) is -0.633. The monoisotopic (exact) mass is 334 g/mol. The Morgan fingerprint density at radius 3 is 2.52 bits per heavy atom. The fourth-order valence-electron chi connectivity index (χ4n) is 2.01. The van der Waals surface area contributed by atoms with Gasteiger partial charge in [-0.3, -0.25) is 14.9 Å². The zero-order valence-corrected chi connectivity index (χ0v) is 13.0. The highest BCUT2D eigenvalue weighted by Gasteiger charge is 2.11. The molecule has 0 radical (unpaired) electrons. The molecule has 0 bridgehead atoms.